The lowest BCUT2D eigenvalue weighted by atomic mass is 9.98. The molecule has 7 nitrogen and oxygen atoms in total. The average Bonchev–Trinajstić information content (AvgIpc) is 2.67. The first-order valence-corrected chi connectivity index (χ1v) is 8.64. The Labute approximate surface area is 162 Å². The lowest BCUT2D eigenvalue weighted by molar-refractivity contribution is -0.139. The van der Waals surface area contributed by atoms with Crippen molar-refractivity contribution in [1.82, 2.24) is 5.43 Å². The summed E-state index contributed by atoms with van der Waals surface area (Å²) in [7, 11) is 0. The van der Waals surface area contributed by atoms with Crippen LogP contribution in [0, 0.1) is 0 Å². The van der Waals surface area contributed by atoms with Crippen molar-refractivity contribution in [1.29, 1.82) is 0 Å². The maximum Gasteiger partial charge on any atom is 0.361 e. The Bertz CT molecular complexity index is 781. The second kappa shape index (κ2) is 9.82. The van der Waals surface area contributed by atoms with Gasteiger partial charge in [0.2, 0.25) is 5.88 Å². The number of benzene rings is 2. The highest BCUT2D eigenvalue weighted by atomic mass is 35.5. The zero-order valence-corrected chi connectivity index (χ0v) is 15.5. The van der Waals surface area contributed by atoms with Crippen molar-refractivity contribution in [2.75, 3.05) is 6.61 Å². The molecule has 0 spiro atoms. The number of hydrazine groups is 1. The Balaban J connectivity index is 2.38. The van der Waals surface area contributed by atoms with Gasteiger partial charge in [0.15, 0.2) is 11.8 Å². The summed E-state index contributed by atoms with van der Waals surface area (Å²) in [5, 5.41) is 11.4. The van der Waals surface area contributed by atoms with E-state index in [0.717, 1.165) is 0 Å². The van der Waals surface area contributed by atoms with Crippen molar-refractivity contribution in [3.63, 3.8) is 0 Å². The summed E-state index contributed by atoms with van der Waals surface area (Å²) in [5.74, 6) is 4.32. The number of carbonyl (C=O) groups is 1. The smallest absolute Gasteiger partial charge is 0.361 e. The van der Waals surface area contributed by atoms with Crippen LogP contribution in [0.3, 0.4) is 0 Å². The van der Waals surface area contributed by atoms with Gasteiger partial charge in [-0.1, -0.05) is 54.1 Å². The van der Waals surface area contributed by atoms with Gasteiger partial charge in [-0.25, -0.2) is 4.79 Å². The van der Waals surface area contributed by atoms with Crippen molar-refractivity contribution in [3.8, 4) is 0 Å². The largest absolute Gasteiger partial charge is 0.466 e. The van der Waals surface area contributed by atoms with Crippen LogP contribution in [-0.2, 0) is 14.3 Å². The molecule has 2 aromatic rings. The third-order valence-electron chi connectivity index (χ3n) is 3.75. The molecule has 2 unspecified atom stereocenters. The molecule has 8 heteroatoms. The molecule has 0 aliphatic rings. The lowest BCUT2D eigenvalue weighted by Gasteiger charge is -2.26. The van der Waals surface area contributed by atoms with Gasteiger partial charge in [-0.05, 0) is 30.2 Å². The van der Waals surface area contributed by atoms with Gasteiger partial charge in [-0.15, -0.1) is 0 Å². The number of nitrogens with two attached hydrogens (primary N) is 2. The highest BCUT2D eigenvalue weighted by Crippen LogP contribution is 2.34. The molecular formula is C19H22ClN3O4. The maximum atomic E-state index is 12.0. The average molecular weight is 392 g/mol. The number of hydrogen-bond acceptors (Lipinski definition) is 7. The van der Waals surface area contributed by atoms with E-state index in [1.807, 2.05) is 6.07 Å². The standard InChI is InChI=1S/C19H22ClN3O4/c1-2-26-19(25)15(23-22)18(21)27-17(13-6-4-3-5-7-13)16(24)12-8-10-14(20)11-9-12/h3-11,16-17,23-24H,2,21-22H2,1H3/b18-15+. The minimum atomic E-state index is -1.08. The first-order valence-electron chi connectivity index (χ1n) is 8.26. The van der Waals surface area contributed by atoms with E-state index in [0.29, 0.717) is 16.1 Å². The molecule has 6 N–H and O–H groups in total. The van der Waals surface area contributed by atoms with Crippen LogP contribution in [0.2, 0.25) is 5.02 Å². The lowest BCUT2D eigenvalue weighted by Crippen LogP contribution is -2.33. The Morgan fingerprint density at radius 2 is 1.78 bits per heavy atom. The summed E-state index contributed by atoms with van der Waals surface area (Å²) >= 11 is 5.91. The van der Waals surface area contributed by atoms with Crippen LogP contribution >= 0.6 is 11.6 Å². The summed E-state index contributed by atoms with van der Waals surface area (Å²) in [5.41, 5.74) is 9.09. The van der Waals surface area contributed by atoms with Gasteiger partial charge >= 0.3 is 5.97 Å². The second-order valence-corrected chi connectivity index (χ2v) is 5.99. The Morgan fingerprint density at radius 1 is 1.15 bits per heavy atom. The zero-order chi connectivity index (χ0) is 19.8. The number of hydrogen-bond donors (Lipinski definition) is 4. The number of rotatable bonds is 8. The van der Waals surface area contributed by atoms with E-state index in [9.17, 15) is 9.90 Å². The fraction of sp³-hybridized carbons (Fsp3) is 0.211. The first kappa shape index (κ1) is 20.6. The number of aliphatic hydroxyl groups is 1. The van der Waals surface area contributed by atoms with Gasteiger partial charge < -0.3 is 25.7 Å². The van der Waals surface area contributed by atoms with Crippen LogP contribution in [0.5, 0.6) is 0 Å². The van der Waals surface area contributed by atoms with Crippen molar-refractivity contribution < 1.29 is 19.4 Å². The number of esters is 1. The van der Waals surface area contributed by atoms with E-state index < -0.39 is 18.2 Å². The van der Waals surface area contributed by atoms with E-state index in [-0.39, 0.29) is 18.2 Å². The topological polar surface area (TPSA) is 120 Å². The van der Waals surface area contributed by atoms with Gasteiger partial charge in [0.05, 0.1) is 6.61 Å². The molecule has 0 saturated carbocycles. The Kier molecular flexibility index (Phi) is 7.48. The monoisotopic (exact) mass is 391 g/mol. The summed E-state index contributed by atoms with van der Waals surface area (Å²) in [6.45, 7) is 1.80. The summed E-state index contributed by atoms with van der Waals surface area (Å²) in [4.78, 5) is 12.0. The molecule has 0 radical (unpaired) electrons. The predicted molar refractivity (Wildman–Crippen MR) is 102 cm³/mol. The number of aliphatic hydroxyl groups excluding tert-OH is 1. The summed E-state index contributed by atoms with van der Waals surface area (Å²) in [6, 6.07) is 15.7. The van der Waals surface area contributed by atoms with Gasteiger partial charge in [0.1, 0.15) is 6.10 Å². The zero-order valence-electron chi connectivity index (χ0n) is 14.8. The fourth-order valence-corrected chi connectivity index (χ4v) is 2.55. The third kappa shape index (κ3) is 5.37. The second-order valence-electron chi connectivity index (χ2n) is 5.55. The normalized spacial score (nSPS) is 13.9. The summed E-state index contributed by atoms with van der Waals surface area (Å²) in [6.07, 6.45) is -1.98. The van der Waals surface area contributed by atoms with Gasteiger partial charge in [0.25, 0.3) is 0 Å². The first-order chi connectivity index (χ1) is 13.0. The van der Waals surface area contributed by atoms with Gasteiger partial charge in [-0.2, -0.15) is 0 Å². The molecule has 144 valence electrons. The summed E-state index contributed by atoms with van der Waals surface area (Å²) < 4.78 is 10.6. The highest BCUT2D eigenvalue weighted by molar-refractivity contribution is 6.30. The number of nitrogens with one attached hydrogen (secondary N) is 1. The third-order valence-corrected chi connectivity index (χ3v) is 4.00. The quantitative estimate of drug-likeness (QED) is 0.179. The van der Waals surface area contributed by atoms with Crippen LogP contribution in [0.1, 0.15) is 30.3 Å². The van der Waals surface area contributed by atoms with Crippen LogP contribution in [-0.4, -0.2) is 17.7 Å². The molecule has 0 heterocycles. The van der Waals surface area contributed by atoms with E-state index in [1.165, 1.54) is 0 Å². The number of carbonyl (C=O) groups excluding carboxylic acids is 1. The Morgan fingerprint density at radius 3 is 2.33 bits per heavy atom. The molecule has 0 aromatic heterocycles. The molecule has 2 atom stereocenters. The van der Waals surface area contributed by atoms with E-state index in [2.05, 4.69) is 5.43 Å². The molecule has 0 aliphatic heterocycles. The number of halogens is 1. The van der Waals surface area contributed by atoms with E-state index in [4.69, 9.17) is 32.7 Å². The van der Waals surface area contributed by atoms with E-state index in [1.54, 1.807) is 55.5 Å². The van der Waals surface area contributed by atoms with Crippen LogP contribution in [0.15, 0.2) is 66.2 Å². The molecule has 0 bridgehead atoms. The molecule has 2 rings (SSSR count). The highest BCUT2D eigenvalue weighted by Gasteiger charge is 2.27. The van der Waals surface area contributed by atoms with Crippen molar-refractivity contribution in [2.45, 2.75) is 19.1 Å². The fourth-order valence-electron chi connectivity index (χ4n) is 2.42. The predicted octanol–water partition coefficient (Wildman–Crippen LogP) is 2.29. The molecule has 0 saturated heterocycles. The van der Waals surface area contributed by atoms with Crippen LogP contribution < -0.4 is 17.0 Å². The molecule has 2 aromatic carbocycles. The van der Waals surface area contributed by atoms with Gasteiger partial charge in [-0.3, -0.25) is 5.84 Å². The molecule has 0 amide bonds. The van der Waals surface area contributed by atoms with E-state index >= 15 is 0 Å². The molecule has 0 fully saturated rings. The maximum absolute atomic E-state index is 12.0. The molecule has 0 aliphatic carbocycles. The Hall–Kier alpha value is -2.74. The minimum Gasteiger partial charge on any atom is -0.466 e. The van der Waals surface area contributed by atoms with Crippen molar-refractivity contribution in [2.24, 2.45) is 11.6 Å². The number of ether oxygens (including phenoxy) is 2. The SMILES string of the molecule is CCOC(=O)/C(NN)=C(/N)OC(c1ccccc1)C(O)c1ccc(Cl)cc1. The van der Waals surface area contributed by atoms with Crippen molar-refractivity contribution in [3.05, 3.63) is 82.3 Å². The van der Waals surface area contributed by atoms with Crippen LogP contribution in [0.4, 0.5) is 0 Å². The minimum absolute atomic E-state index is 0.146. The van der Waals surface area contributed by atoms with Gasteiger partial charge in [0, 0.05) is 5.02 Å². The van der Waals surface area contributed by atoms with Crippen LogP contribution in [0.25, 0.3) is 0 Å². The molecular weight excluding hydrogens is 370 g/mol. The van der Waals surface area contributed by atoms with Crippen molar-refractivity contribution >= 4 is 17.6 Å². The molecule has 27 heavy (non-hydrogen) atoms.